The number of nitrogens with zero attached hydrogens (tertiary/aromatic N) is 2. The zero-order valence-electron chi connectivity index (χ0n) is 36.6. The van der Waals surface area contributed by atoms with Gasteiger partial charge in [0, 0.05) is 47.9 Å². The summed E-state index contributed by atoms with van der Waals surface area (Å²) in [6.45, 7) is 0. The summed E-state index contributed by atoms with van der Waals surface area (Å²) in [7, 11) is 0. The topological polar surface area (TPSA) is 8.17 Å². The maximum atomic E-state index is 2.50. The van der Waals surface area contributed by atoms with Crippen LogP contribution in [0.1, 0.15) is 0 Å². The molecule has 0 saturated carbocycles. The molecule has 0 radical (unpaired) electrons. The summed E-state index contributed by atoms with van der Waals surface area (Å²) in [5.41, 5.74) is 16.4. The molecule has 13 rings (SSSR count). The highest BCUT2D eigenvalue weighted by molar-refractivity contribution is 7.26. The second-order valence-electron chi connectivity index (χ2n) is 17.2. The molecule has 0 aliphatic carbocycles. The number of aromatic nitrogens is 1. The van der Waals surface area contributed by atoms with E-state index >= 15 is 0 Å². The summed E-state index contributed by atoms with van der Waals surface area (Å²) in [6.07, 6.45) is 0. The quantitative estimate of drug-likeness (QED) is 0.148. The van der Waals surface area contributed by atoms with Crippen LogP contribution in [0.3, 0.4) is 0 Å². The molecule has 0 unspecified atom stereocenters. The lowest BCUT2D eigenvalue weighted by Gasteiger charge is -2.30. The third kappa shape index (κ3) is 6.63. The van der Waals surface area contributed by atoms with E-state index in [9.17, 15) is 0 Å². The fraction of sp³-hybridized carbons (Fsp3) is 0. The molecule has 0 fully saturated rings. The van der Waals surface area contributed by atoms with Crippen LogP contribution in [0.25, 0.3) is 103 Å². The monoisotopic (exact) mass is 870 g/mol. The number of anilines is 3. The smallest absolute Gasteiger partial charge is 0.0555 e. The number of thiophene rings is 1. The summed E-state index contributed by atoms with van der Waals surface area (Å²) in [5, 5.41) is 7.50. The van der Waals surface area contributed by atoms with Gasteiger partial charge in [-0.3, -0.25) is 0 Å². The molecule has 2 nitrogen and oxygen atoms in total. The van der Waals surface area contributed by atoms with E-state index in [0.717, 1.165) is 33.9 Å². The fourth-order valence-corrected chi connectivity index (χ4v) is 11.6. The molecule has 0 atom stereocenters. The zero-order chi connectivity index (χ0) is 44.3. The third-order valence-corrected chi connectivity index (χ3v) is 14.6. The van der Waals surface area contributed by atoms with Crippen molar-refractivity contribution in [1.29, 1.82) is 0 Å². The molecule has 11 aromatic carbocycles. The molecular weight excluding hydrogens is 829 g/mol. The van der Waals surface area contributed by atoms with Gasteiger partial charge >= 0.3 is 0 Å². The lowest BCUT2D eigenvalue weighted by Crippen LogP contribution is -2.12. The maximum absolute atomic E-state index is 2.50. The van der Waals surface area contributed by atoms with Gasteiger partial charge in [0.1, 0.15) is 0 Å². The highest BCUT2D eigenvalue weighted by Crippen LogP contribution is 2.51. The van der Waals surface area contributed by atoms with Gasteiger partial charge in [-0.05, 0) is 110 Å². The zero-order valence-corrected chi connectivity index (χ0v) is 37.4. The van der Waals surface area contributed by atoms with E-state index in [4.69, 9.17) is 0 Å². The SMILES string of the molecule is c1ccc(-c2ccc(N(c3ccc(-c4cccc5ccccc45)cc3)c3ccc(-c4cccc(-n5c6ccccc6c6ccccc65)c4)c4sc5ccccc5c34)c(-c3ccccc3)c2)cc1. The lowest BCUT2D eigenvalue weighted by atomic mass is 9.95. The summed E-state index contributed by atoms with van der Waals surface area (Å²) < 4.78 is 4.94. The number of fused-ring (bicyclic) bond motifs is 7. The highest BCUT2D eigenvalue weighted by atomic mass is 32.1. The van der Waals surface area contributed by atoms with Crippen LogP contribution in [0, 0.1) is 0 Å². The van der Waals surface area contributed by atoms with Gasteiger partial charge in [0.15, 0.2) is 0 Å². The van der Waals surface area contributed by atoms with Gasteiger partial charge in [-0.15, -0.1) is 11.3 Å². The molecule has 13 aromatic rings. The van der Waals surface area contributed by atoms with E-state index < -0.39 is 0 Å². The fourth-order valence-electron chi connectivity index (χ4n) is 10.3. The summed E-state index contributed by atoms with van der Waals surface area (Å²) in [5.74, 6) is 0. The van der Waals surface area contributed by atoms with E-state index in [1.54, 1.807) is 0 Å². The molecule has 0 aliphatic rings. The van der Waals surface area contributed by atoms with Crippen LogP contribution in [0.2, 0.25) is 0 Å². The van der Waals surface area contributed by atoms with E-state index in [1.165, 1.54) is 86.1 Å². The molecule has 2 aromatic heterocycles. The molecular formula is C64H42N2S. The molecule has 314 valence electrons. The first-order valence-electron chi connectivity index (χ1n) is 22.9. The van der Waals surface area contributed by atoms with Crippen LogP contribution >= 0.6 is 11.3 Å². The van der Waals surface area contributed by atoms with Gasteiger partial charge in [-0.2, -0.15) is 0 Å². The van der Waals surface area contributed by atoms with Crippen molar-refractivity contribution in [2.75, 3.05) is 4.90 Å². The minimum absolute atomic E-state index is 1.09. The molecule has 2 heterocycles. The number of rotatable bonds is 8. The Balaban J connectivity index is 1.05. The Kier molecular flexibility index (Phi) is 9.40. The predicted octanol–water partition coefficient (Wildman–Crippen LogP) is 18.4. The van der Waals surface area contributed by atoms with Crippen molar-refractivity contribution in [2.45, 2.75) is 0 Å². The molecule has 67 heavy (non-hydrogen) atoms. The van der Waals surface area contributed by atoms with Crippen molar-refractivity contribution in [3.63, 3.8) is 0 Å². The third-order valence-electron chi connectivity index (χ3n) is 13.4. The molecule has 0 spiro atoms. The second kappa shape index (κ2) is 16.2. The Morgan fingerprint density at radius 1 is 0.328 bits per heavy atom. The number of hydrogen-bond donors (Lipinski definition) is 0. The number of benzene rings is 11. The van der Waals surface area contributed by atoms with Gasteiger partial charge < -0.3 is 9.47 Å². The highest BCUT2D eigenvalue weighted by Gasteiger charge is 2.24. The Morgan fingerprint density at radius 3 is 1.66 bits per heavy atom. The normalized spacial score (nSPS) is 11.6. The summed E-state index contributed by atoms with van der Waals surface area (Å²) in [6, 6.07) is 93.3. The molecule has 3 heteroatoms. The van der Waals surface area contributed by atoms with Gasteiger partial charge in [-0.25, -0.2) is 0 Å². The average Bonchev–Trinajstić information content (AvgIpc) is 3.96. The lowest BCUT2D eigenvalue weighted by molar-refractivity contribution is 1.18. The van der Waals surface area contributed by atoms with Gasteiger partial charge in [0.05, 0.1) is 22.4 Å². The number of hydrogen-bond acceptors (Lipinski definition) is 2. The second-order valence-corrected chi connectivity index (χ2v) is 18.3. The van der Waals surface area contributed by atoms with Crippen molar-refractivity contribution < 1.29 is 0 Å². The Morgan fingerprint density at radius 2 is 0.896 bits per heavy atom. The molecule has 0 amide bonds. The summed E-state index contributed by atoms with van der Waals surface area (Å²) >= 11 is 1.88. The van der Waals surface area contributed by atoms with Crippen LogP contribution in [-0.4, -0.2) is 4.57 Å². The average molecular weight is 871 g/mol. The molecule has 0 aliphatic heterocycles. The van der Waals surface area contributed by atoms with Crippen LogP contribution in [0.5, 0.6) is 0 Å². The summed E-state index contributed by atoms with van der Waals surface area (Å²) in [4.78, 5) is 2.50. The minimum atomic E-state index is 1.09. The predicted molar refractivity (Wildman–Crippen MR) is 288 cm³/mol. The van der Waals surface area contributed by atoms with Crippen LogP contribution in [0.15, 0.2) is 255 Å². The van der Waals surface area contributed by atoms with Crippen LogP contribution in [0.4, 0.5) is 17.1 Å². The Bertz CT molecular complexity index is 3920. The number of para-hydroxylation sites is 2. The largest absolute Gasteiger partial charge is 0.309 e. The molecule has 0 saturated heterocycles. The van der Waals surface area contributed by atoms with E-state index in [1.807, 2.05) is 11.3 Å². The van der Waals surface area contributed by atoms with E-state index in [0.29, 0.717) is 0 Å². The molecule has 0 N–H and O–H groups in total. The first kappa shape index (κ1) is 38.9. The minimum Gasteiger partial charge on any atom is -0.309 e. The van der Waals surface area contributed by atoms with Crippen LogP contribution < -0.4 is 4.90 Å². The standard InChI is InChI=1S/C64H42N2S/c1-3-17-43(18-4-1)47-35-39-60(57(42-47)45-19-5-2-6-20-45)65(49-36-33-46(34-37-49)52-29-16-22-44-21-7-8-25-51(44)52)61-40-38-53(64-63(61)56-28-11-14-32-62(56)67-64)48-23-15-24-50(41-48)66-58-30-12-9-26-54(58)55-27-10-13-31-59(55)66/h1-42H. The van der Waals surface area contributed by atoms with Crippen molar-refractivity contribution in [2.24, 2.45) is 0 Å². The van der Waals surface area contributed by atoms with Crippen molar-refractivity contribution in [3.05, 3.63) is 255 Å². The van der Waals surface area contributed by atoms with Crippen molar-refractivity contribution >= 4 is 81.1 Å². The van der Waals surface area contributed by atoms with E-state index in [2.05, 4.69) is 264 Å². The van der Waals surface area contributed by atoms with Crippen molar-refractivity contribution in [1.82, 2.24) is 4.57 Å². The maximum Gasteiger partial charge on any atom is 0.0555 e. The Hall–Kier alpha value is -8.50. The van der Waals surface area contributed by atoms with Crippen molar-refractivity contribution in [3.8, 4) is 50.2 Å². The Labute approximate surface area is 393 Å². The van der Waals surface area contributed by atoms with Gasteiger partial charge in [0.2, 0.25) is 0 Å². The first-order chi connectivity index (χ1) is 33.2. The van der Waals surface area contributed by atoms with Gasteiger partial charge in [0.25, 0.3) is 0 Å². The van der Waals surface area contributed by atoms with Gasteiger partial charge in [-0.1, -0.05) is 194 Å². The van der Waals surface area contributed by atoms with Crippen LogP contribution in [-0.2, 0) is 0 Å². The first-order valence-corrected chi connectivity index (χ1v) is 23.7. The van der Waals surface area contributed by atoms with E-state index in [-0.39, 0.29) is 0 Å². The molecule has 0 bridgehead atoms.